The zero-order chi connectivity index (χ0) is 13.5. The number of hydrogen-bond acceptors (Lipinski definition) is 3. The molecule has 0 radical (unpaired) electrons. The summed E-state index contributed by atoms with van der Waals surface area (Å²) in [6.45, 7) is 3.47. The largest absolute Gasteiger partial charge is 0.480 e. The molecule has 1 aromatic rings. The fourth-order valence-electron chi connectivity index (χ4n) is 1.27. The fourth-order valence-corrected chi connectivity index (χ4v) is 2.12. The van der Waals surface area contributed by atoms with Gasteiger partial charge in [0.15, 0.2) is 0 Å². The van der Waals surface area contributed by atoms with Crippen LogP contribution in [-0.4, -0.2) is 28.8 Å². The third-order valence-electron chi connectivity index (χ3n) is 2.37. The van der Waals surface area contributed by atoms with Crippen molar-refractivity contribution >= 4 is 23.6 Å². The van der Waals surface area contributed by atoms with Gasteiger partial charge in [0.1, 0.15) is 6.04 Å². The number of benzene rings is 1. The second-order valence-electron chi connectivity index (χ2n) is 4.04. The van der Waals surface area contributed by atoms with E-state index in [1.807, 2.05) is 31.2 Å². The predicted molar refractivity (Wildman–Crippen MR) is 71.8 cm³/mol. The highest BCUT2D eigenvalue weighted by Crippen LogP contribution is 2.18. The number of amides is 1. The monoisotopic (exact) mass is 267 g/mol. The molecule has 0 aliphatic carbocycles. The first-order chi connectivity index (χ1) is 8.49. The topological polar surface area (TPSA) is 66.4 Å². The molecule has 1 atom stereocenters. The zero-order valence-corrected chi connectivity index (χ0v) is 11.3. The number of carbonyl (C=O) groups is 2. The molecule has 1 amide bonds. The Bertz CT molecular complexity index is 417. The molecule has 0 saturated heterocycles. The molecule has 0 aromatic heterocycles. The normalized spacial score (nSPS) is 11.9. The van der Waals surface area contributed by atoms with Crippen molar-refractivity contribution < 1.29 is 14.7 Å². The van der Waals surface area contributed by atoms with Crippen LogP contribution >= 0.6 is 11.8 Å². The van der Waals surface area contributed by atoms with Crippen LogP contribution in [0.25, 0.3) is 0 Å². The van der Waals surface area contributed by atoms with Crippen LogP contribution in [0.2, 0.25) is 0 Å². The molecular formula is C13H17NO3S. The summed E-state index contributed by atoms with van der Waals surface area (Å²) in [5, 5.41) is 11.1. The van der Waals surface area contributed by atoms with Gasteiger partial charge in [-0.3, -0.25) is 9.59 Å². The lowest BCUT2D eigenvalue weighted by molar-refractivity contribution is -0.141. The summed E-state index contributed by atoms with van der Waals surface area (Å²) in [7, 11) is 0. The number of carboxylic acids is 1. The Balaban J connectivity index is 2.27. The van der Waals surface area contributed by atoms with Crippen LogP contribution in [0.4, 0.5) is 0 Å². The fraction of sp³-hybridized carbons (Fsp3) is 0.385. The van der Waals surface area contributed by atoms with Gasteiger partial charge in [0, 0.05) is 17.1 Å². The van der Waals surface area contributed by atoms with Crippen LogP contribution < -0.4 is 5.32 Å². The Labute approximate surface area is 111 Å². The molecular weight excluding hydrogens is 250 g/mol. The van der Waals surface area contributed by atoms with Crippen molar-refractivity contribution in [1.29, 1.82) is 0 Å². The highest BCUT2D eigenvalue weighted by atomic mass is 32.2. The Hall–Kier alpha value is -1.49. The number of aliphatic carboxylic acids is 1. The zero-order valence-electron chi connectivity index (χ0n) is 10.5. The number of carbonyl (C=O) groups excluding carboxylic acids is 1. The van der Waals surface area contributed by atoms with E-state index in [1.54, 1.807) is 11.8 Å². The highest BCUT2D eigenvalue weighted by Gasteiger charge is 2.13. The molecule has 1 unspecified atom stereocenters. The molecule has 0 bridgehead atoms. The van der Waals surface area contributed by atoms with E-state index in [-0.39, 0.29) is 5.91 Å². The molecule has 18 heavy (non-hydrogen) atoms. The van der Waals surface area contributed by atoms with Crippen molar-refractivity contribution in [3.8, 4) is 0 Å². The summed E-state index contributed by atoms with van der Waals surface area (Å²) in [6, 6.07) is 7.24. The van der Waals surface area contributed by atoms with Crippen molar-refractivity contribution in [2.24, 2.45) is 0 Å². The van der Waals surface area contributed by atoms with Gasteiger partial charge in [-0.1, -0.05) is 17.7 Å². The maximum Gasteiger partial charge on any atom is 0.325 e. The van der Waals surface area contributed by atoms with Gasteiger partial charge >= 0.3 is 5.97 Å². The van der Waals surface area contributed by atoms with Gasteiger partial charge in [0.05, 0.1) is 0 Å². The minimum absolute atomic E-state index is 0.232. The smallest absolute Gasteiger partial charge is 0.325 e. The number of hydrogen-bond donors (Lipinski definition) is 2. The third-order valence-corrected chi connectivity index (χ3v) is 3.38. The van der Waals surface area contributed by atoms with Crippen LogP contribution in [-0.2, 0) is 9.59 Å². The van der Waals surface area contributed by atoms with Crippen LogP contribution in [0.3, 0.4) is 0 Å². The number of rotatable bonds is 6. The van der Waals surface area contributed by atoms with E-state index in [9.17, 15) is 9.59 Å². The summed E-state index contributed by atoms with van der Waals surface area (Å²) in [6.07, 6.45) is 0.316. The van der Waals surface area contributed by atoms with Crippen molar-refractivity contribution in [3.05, 3.63) is 29.8 Å². The van der Waals surface area contributed by atoms with Gasteiger partial charge in [-0.05, 0) is 26.0 Å². The molecule has 0 fully saturated rings. The Kier molecular flexibility index (Phi) is 5.71. The second-order valence-corrected chi connectivity index (χ2v) is 5.21. The Morgan fingerprint density at radius 1 is 1.33 bits per heavy atom. The van der Waals surface area contributed by atoms with Crippen molar-refractivity contribution in [3.63, 3.8) is 0 Å². The first kappa shape index (κ1) is 14.6. The number of aryl methyl sites for hydroxylation is 1. The van der Waals surface area contributed by atoms with Gasteiger partial charge < -0.3 is 10.4 Å². The summed E-state index contributed by atoms with van der Waals surface area (Å²) in [4.78, 5) is 23.1. The van der Waals surface area contributed by atoms with E-state index in [1.165, 1.54) is 12.5 Å². The van der Waals surface area contributed by atoms with Crippen LogP contribution in [0.15, 0.2) is 29.2 Å². The van der Waals surface area contributed by atoms with Crippen LogP contribution in [0.1, 0.15) is 18.9 Å². The average molecular weight is 267 g/mol. The number of thioether (sulfide) groups is 1. The molecule has 5 heteroatoms. The van der Waals surface area contributed by atoms with E-state index in [4.69, 9.17) is 5.11 Å². The van der Waals surface area contributed by atoms with Crippen molar-refractivity contribution in [2.75, 3.05) is 5.75 Å². The molecule has 0 heterocycles. The maximum absolute atomic E-state index is 11.4. The first-order valence-corrected chi connectivity index (χ1v) is 6.69. The SMILES string of the molecule is Cc1ccc(SCCC(=O)NC(C)C(=O)O)cc1. The minimum Gasteiger partial charge on any atom is -0.480 e. The first-order valence-electron chi connectivity index (χ1n) is 5.70. The molecule has 4 nitrogen and oxygen atoms in total. The van der Waals surface area contributed by atoms with Crippen LogP contribution in [0.5, 0.6) is 0 Å². The summed E-state index contributed by atoms with van der Waals surface area (Å²) in [5.41, 5.74) is 1.20. The van der Waals surface area contributed by atoms with Gasteiger partial charge in [0.2, 0.25) is 5.91 Å². The van der Waals surface area contributed by atoms with Gasteiger partial charge in [-0.15, -0.1) is 11.8 Å². The quantitative estimate of drug-likeness (QED) is 0.774. The summed E-state index contributed by atoms with van der Waals surface area (Å²) >= 11 is 1.58. The summed E-state index contributed by atoms with van der Waals surface area (Å²) in [5.74, 6) is -0.611. The lowest BCUT2D eigenvalue weighted by Crippen LogP contribution is -2.38. The molecule has 2 N–H and O–H groups in total. The predicted octanol–water partition coefficient (Wildman–Crippen LogP) is 2.07. The maximum atomic E-state index is 11.4. The van der Waals surface area contributed by atoms with Gasteiger partial charge in [0.25, 0.3) is 0 Å². The highest BCUT2D eigenvalue weighted by molar-refractivity contribution is 7.99. The summed E-state index contributed by atoms with van der Waals surface area (Å²) < 4.78 is 0. The molecule has 0 aliphatic rings. The number of carboxylic acid groups (broad SMARTS) is 1. The third kappa shape index (κ3) is 5.23. The van der Waals surface area contributed by atoms with E-state index >= 15 is 0 Å². The second kappa shape index (κ2) is 7.06. The standard InChI is InChI=1S/C13H17NO3S/c1-9-3-5-11(6-4-9)18-8-7-12(15)14-10(2)13(16)17/h3-6,10H,7-8H2,1-2H3,(H,14,15)(H,16,17). The molecule has 1 rings (SSSR count). The van der Waals surface area contributed by atoms with E-state index in [0.29, 0.717) is 12.2 Å². The van der Waals surface area contributed by atoms with Crippen molar-refractivity contribution in [1.82, 2.24) is 5.32 Å². The molecule has 0 saturated carbocycles. The molecule has 98 valence electrons. The lowest BCUT2D eigenvalue weighted by Gasteiger charge is -2.08. The Morgan fingerprint density at radius 2 is 1.94 bits per heavy atom. The van der Waals surface area contributed by atoms with Crippen LogP contribution in [0, 0.1) is 6.92 Å². The lowest BCUT2D eigenvalue weighted by atomic mass is 10.2. The van der Waals surface area contributed by atoms with E-state index in [0.717, 1.165) is 4.90 Å². The van der Waals surface area contributed by atoms with Gasteiger partial charge in [-0.25, -0.2) is 0 Å². The minimum atomic E-state index is -1.02. The van der Waals surface area contributed by atoms with E-state index in [2.05, 4.69) is 5.32 Å². The molecule has 0 spiro atoms. The van der Waals surface area contributed by atoms with Gasteiger partial charge in [-0.2, -0.15) is 0 Å². The average Bonchev–Trinajstić information content (AvgIpc) is 2.31. The van der Waals surface area contributed by atoms with E-state index < -0.39 is 12.0 Å². The molecule has 1 aromatic carbocycles. The number of nitrogens with one attached hydrogen (secondary N) is 1. The Morgan fingerprint density at radius 3 is 2.50 bits per heavy atom. The van der Waals surface area contributed by atoms with Crippen molar-refractivity contribution in [2.45, 2.75) is 31.2 Å². The molecule has 0 aliphatic heterocycles.